The summed E-state index contributed by atoms with van der Waals surface area (Å²) in [5, 5.41) is 7.97. The van der Waals surface area contributed by atoms with E-state index in [9.17, 15) is 4.79 Å². The number of halogens is 1. The summed E-state index contributed by atoms with van der Waals surface area (Å²) < 4.78 is 7.85. The number of hydrogen-bond donors (Lipinski definition) is 0. The quantitative estimate of drug-likeness (QED) is 0.713. The second-order valence-corrected chi connectivity index (χ2v) is 4.77. The molecular formula is C13H11ClN6O2. The Labute approximate surface area is 129 Å². The van der Waals surface area contributed by atoms with Gasteiger partial charge in [-0.3, -0.25) is 4.98 Å². The Bertz CT molecular complexity index is 845. The average molecular weight is 319 g/mol. The lowest BCUT2D eigenvalue weighted by Gasteiger charge is -2.11. The summed E-state index contributed by atoms with van der Waals surface area (Å²) in [5.74, 6) is 0.361. The molecule has 0 N–H and O–H groups in total. The van der Waals surface area contributed by atoms with E-state index in [1.54, 1.807) is 24.4 Å². The Balaban J connectivity index is 1.97. The van der Waals surface area contributed by atoms with Crippen molar-refractivity contribution >= 4 is 11.6 Å². The molecular weight excluding hydrogens is 308 g/mol. The number of aryl methyl sites for hydroxylation is 1. The van der Waals surface area contributed by atoms with Crippen LogP contribution in [0, 0.1) is 0 Å². The van der Waals surface area contributed by atoms with Gasteiger partial charge in [-0.05, 0) is 22.6 Å². The molecule has 0 radical (unpaired) electrons. The lowest BCUT2D eigenvalue weighted by Crippen LogP contribution is -2.23. The Morgan fingerprint density at radius 3 is 2.82 bits per heavy atom. The van der Waals surface area contributed by atoms with Crippen molar-refractivity contribution in [3.63, 3.8) is 0 Å². The molecule has 2 heterocycles. The highest BCUT2D eigenvalue weighted by molar-refractivity contribution is 6.31. The molecule has 0 aliphatic heterocycles. The van der Waals surface area contributed by atoms with Gasteiger partial charge < -0.3 is 4.74 Å². The van der Waals surface area contributed by atoms with Gasteiger partial charge in [0.25, 0.3) is 0 Å². The first-order chi connectivity index (χ1) is 10.7. The molecule has 9 heteroatoms. The molecule has 112 valence electrons. The molecule has 3 aromatic rings. The van der Waals surface area contributed by atoms with E-state index >= 15 is 0 Å². The fourth-order valence-electron chi connectivity index (χ4n) is 1.86. The van der Waals surface area contributed by atoms with E-state index in [0.29, 0.717) is 22.2 Å². The zero-order valence-corrected chi connectivity index (χ0v) is 12.3. The number of ether oxygens (including phenoxy) is 1. The molecule has 1 aromatic carbocycles. The summed E-state index contributed by atoms with van der Waals surface area (Å²) in [6.07, 6.45) is 4.56. The Morgan fingerprint density at radius 2 is 2.14 bits per heavy atom. The molecule has 0 atom stereocenters. The van der Waals surface area contributed by atoms with Crippen LogP contribution in [-0.4, -0.2) is 29.8 Å². The summed E-state index contributed by atoms with van der Waals surface area (Å²) >= 11 is 6.22. The molecule has 0 saturated carbocycles. The highest BCUT2D eigenvalue weighted by Crippen LogP contribution is 2.23. The third-order valence-corrected chi connectivity index (χ3v) is 3.30. The molecule has 0 bridgehead atoms. The van der Waals surface area contributed by atoms with E-state index in [0.717, 1.165) is 4.68 Å². The van der Waals surface area contributed by atoms with Crippen LogP contribution >= 0.6 is 11.6 Å². The predicted octanol–water partition coefficient (Wildman–Crippen LogP) is 0.988. The van der Waals surface area contributed by atoms with Gasteiger partial charge in [-0.2, -0.15) is 9.36 Å². The van der Waals surface area contributed by atoms with Crippen molar-refractivity contribution in [3.05, 3.63) is 57.9 Å². The maximum atomic E-state index is 12.0. The molecule has 0 saturated heterocycles. The summed E-state index contributed by atoms with van der Waals surface area (Å²) in [6.45, 7) is 0.122. The van der Waals surface area contributed by atoms with E-state index in [2.05, 4.69) is 20.4 Å². The van der Waals surface area contributed by atoms with Gasteiger partial charge in [0.05, 0.1) is 11.9 Å². The van der Waals surface area contributed by atoms with Gasteiger partial charge in [0.2, 0.25) is 5.88 Å². The zero-order valence-electron chi connectivity index (χ0n) is 11.5. The maximum Gasteiger partial charge on any atom is 0.368 e. The smallest absolute Gasteiger partial charge is 0.368 e. The molecule has 3 rings (SSSR count). The van der Waals surface area contributed by atoms with Gasteiger partial charge in [-0.15, -0.1) is 0 Å². The Kier molecular flexibility index (Phi) is 3.84. The van der Waals surface area contributed by atoms with Gasteiger partial charge in [0, 0.05) is 30.0 Å². The number of benzene rings is 1. The highest BCUT2D eigenvalue weighted by atomic mass is 35.5. The first-order valence-electron chi connectivity index (χ1n) is 6.32. The second kappa shape index (κ2) is 5.94. The SMILES string of the molecule is Cn1nnn(-c2cccc(Cl)c2COc2cnccn2)c1=O. The van der Waals surface area contributed by atoms with E-state index in [1.807, 2.05) is 0 Å². The Morgan fingerprint density at radius 1 is 1.27 bits per heavy atom. The fourth-order valence-corrected chi connectivity index (χ4v) is 2.08. The van der Waals surface area contributed by atoms with E-state index in [4.69, 9.17) is 16.3 Å². The summed E-state index contributed by atoms with van der Waals surface area (Å²) in [5.41, 5.74) is 0.745. The van der Waals surface area contributed by atoms with E-state index in [-0.39, 0.29) is 12.3 Å². The van der Waals surface area contributed by atoms with Crippen LogP contribution in [0.3, 0.4) is 0 Å². The highest BCUT2D eigenvalue weighted by Gasteiger charge is 2.14. The average Bonchev–Trinajstić information content (AvgIpc) is 2.86. The second-order valence-electron chi connectivity index (χ2n) is 4.37. The van der Waals surface area contributed by atoms with Gasteiger partial charge in [-0.1, -0.05) is 17.7 Å². The van der Waals surface area contributed by atoms with Gasteiger partial charge in [0.1, 0.15) is 6.61 Å². The van der Waals surface area contributed by atoms with Crippen LogP contribution in [0.1, 0.15) is 5.56 Å². The molecule has 0 unspecified atom stereocenters. The third-order valence-electron chi connectivity index (χ3n) is 2.95. The maximum absolute atomic E-state index is 12.0. The molecule has 0 aliphatic carbocycles. The minimum absolute atomic E-state index is 0.122. The molecule has 8 nitrogen and oxygen atoms in total. The van der Waals surface area contributed by atoms with Crippen LogP contribution in [0.4, 0.5) is 0 Å². The van der Waals surface area contributed by atoms with Crippen LogP contribution < -0.4 is 10.4 Å². The van der Waals surface area contributed by atoms with E-state index < -0.39 is 0 Å². The first kappa shape index (κ1) is 14.2. The van der Waals surface area contributed by atoms with Crippen molar-refractivity contribution in [2.75, 3.05) is 0 Å². The minimum atomic E-state index is -0.372. The predicted molar refractivity (Wildman–Crippen MR) is 78.0 cm³/mol. The molecule has 0 spiro atoms. The number of hydrogen-bond acceptors (Lipinski definition) is 6. The lowest BCUT2D eigenvalue weighted by atomic mass is 10.2. The molecule has 0 fully saturated rings. The van der Waals surface area contributed by atoms with Gasteiger partial charge in [-0.25, -0.2) is 9.78 Å². The monoisotopic (exact) mass is 318 g/mol. The third kappa shape index (κ3) is 2.68. The summed E-state index contributed by atoms with van der Waals surface area (Å²) in [4.78, 5) is 19.9. The standard InChI is InChI=1S/C13H11ClN6O2/c1-19-13(21)20(18-17-19)11-4-2-3-10(14)9(11)8-22-12-7-15-5-6-16-12/h2-7H,8H2,1H3. The summed E-state index contributed by atoms with van der Waals surface area (Å²) in [6, 6.07) is 5.16. The van der Waals surface area contributed by atoms with Gasteiger partial charge >= 0.3 is 5.69 Å². The van der Waals surface area contributed by atoms with Crippen LogP contribution in [0.5, 0.6) is 5.88 Å². The van der Waals surface area contributed by atoms with E-state index in [1.165, 1.54) is 24.1 Å². The number of aromatic nitrogens is 6. The largest absolute Gasteiger partial charge is 0.472 e. The van der Waals surface area contributed by atoms with Crippen molar-refractivity contribution in [1.82, 2.24) is 29.8 Å². The lowest BCUT2D eigenvalue weighted by molar-refractivity contribution is 0.292. The number of tetrazole rings is 1. The van der Waals surface area contributed by atoms with Gasteiger partial charge in [0.15, 0.2) is 0 Å². The normalized spacial score (nSPS) is 10.6. The van der Waals surface area contributed by atoms with Crippen LogP contribution in [0.2, 0.25) is 5.02 Å². The topological polar surface area (TPSA) is 87.7 Å². The molecule has 2 aromatic heterocycles. The molecule has 0 amide bonds. The Hall–Kier alpha value is -2.74. The first-order valence-corrected chi connectivity index (χ1v) is 6.70. The van der Waals surface area contributed by atoms with Crippen molar-refractivity contribution < 1.29 is 4.74 Å². The van der Waals surface area contributed by atoms with Crippen molar-refractivity contribution in [2.24, 2.45) is 7.05 Å². The fraction of sp³-hybridized carbons (Fsp3) is 0.154. The zero-order chi connectivity index (χ0) is 15.5. The summed E-state index contributed by atoms with van der Waals surface area (Å²) in [7, 11) is 1.52. The van der Waals surface area contributed by atoms with Crippen LogP contribution in [0.15, 0.2) is 41.6 Å². The minimum Gasteiger partial charge on any atom is -0.472 e. The van der Waals surface area contributed by atoms with Crippen molar-refractivity contribution in [1.29, 1.82) is 0 Å². The van der Waals surface area contributed by atoms with Crippen LogP contribution in [-0.2, 0) is 13.7 Å². The molecule has 0 aliphatic rings. The van der Waals surface area contributed by atoms with Crippen LogP contribution in [0.25, 0.3) is 5.69 Å². The van der Waals surface area contributed by atoms with Crippen molar-refractivity contribution in [3.8, 4) is 11.6 Å². The molecule has 22 heavy (non-hydrogen) atoms. The van der Waals surface area contributed by atoms with Crippen molar-refractivity contribution in [2.45, 2.75) is 6.61 Å². The number of rotatable bonds is 4. The number of nitrogens with zero attached hydrogens (tertiary/aromatic N) is 6.